The number of nitrogens with zero attached hydrogens (tertiary/aromatic N) is 2. The molecule has 3 rings (SSSR count). The van der Waals surface area contributed by atoms with Gasteiger partial charge in [-0.05, 0) is 25.1 Å². The van der Waals surface area contributed by atoms with Crippen molar-refractivity contribution in [3.05, 3.63) is 80.4 Å². The molecular weight excluding hydrogens is 393 g/mol. The average molecular weight is 406 g/mol. The smallest absolute Gasteiger partial charge is 0.278 e. The third-order valence-corrected chi connectivity index (χ3v) is 4.10. The van der Waals surface area contributed by atoms with Gasteiger partial charge in [0.05, 0.1) is 21.2 Å². The van der Waals surface area contributed by atoms with Gasteiger partial charge in [-0.3, -0.25) is 14.9 Å². The molecule has 0 radical (unpaired) electrons. The number of nitro groups is 1. The second kappa shape index (κ2) is 8.05. The lowest BCUT2D eigenvalue weighted by Gasteiger charge is -2.08. The molecule has 1 N–H and O–H groups in total. The summed E-state index contributed by atoms with van der Waals surface area (Å²) in [5.74, 6) is -0.447. The summed E-state index contributed by atoms with van der Waals surface area (Å²) >= 11 is 5.98. The first-order valence-electron chi connectivity index (χ1n) is 7.94. The molecule has 0 aliphatic heterocycles. The predicted octanol–water partition coefficient (Wildman–Crippen LogP) is 4.52. The van der Waals surface area contributed by atoms with Gasteiger partial charge >= 0.3 is 0 Å². The highest BCUT2D eigenvalue weighted by molar-refractivity contribution is 6.34. The Labute approximate surface area is 163 Å². The first-order valence-corrected chi connectivity index (χ1v) is 8.31. The zero-order valence-corrected chi connectivity index (χ0v) is 15.2. The van der Waals surface area contributed by atoms with Crippen molar-refractivity contribution in [2.24, 2.45) is 0 Å². The van der Waals surface area contributed by atoms with E-state index in [1.165, 1.54) is 30.3 Å². The molecule has 0 atom stereocenters. The molecule has 1 aromatic heterocycles. The van der Waals surface area contributed by atoms with Crippen LogP contribution in [0.2, 0.25) is 5.02 Å². The van der Waals surface area contributed by atoms with Gasteiger partial charge in [-0.15, -0.1) is 0 Å². The SMILES string of the molecule is Cc1onc(C(=O)Nc2ccc([N+](=O)[O-])cc2Cl)c1COc1cccc(F)c1. The Balaban J connectivity index is 1.77. The van der Waals surface area contributed by atoms with E-state index in [0.29, 0.717) is 11.3 Å². The number of rotatable bonds is 6. The van der Waals surface area contributed by atoms with Crippen molar-refractivity contribution < 1.29 is 23.4 Å². The maximum absolute atomic E-state index is 13.2. The van der Waals surface area contributed by atoms with Crippen LogP contribution >= 0.6 is 11.6 Å². The number of benzene rings is 2. The van der Waals surface area contributed by atoms with Gasteiger partial charge in [0.15, 0.2) is 5.69 Å². The minimum atomic E-state index is -0.634. The summed E-state index contributed by atoms with van der Waals surface area (Å²) in [6, 6.07) is 9.21. The Morgan fingerprint density at radius 1 is 1.36 bits per heavy atom. The van der Waals surface area contributed by atoms with Crippen molar-refractivity contribution in [3.63, 3.8) is 0 Å². The fraction of sp³-hybridized carbons (Fsp3) is 0.111. The van der Waals surface area contributed by atoms with Crippen molar-refractivity contribution in [1.29, 1.82) is 0 Å². The molecule has 28 heavy (non-hydrogen) atoms. The molecule has 0 saturated carbocycles. The lowest BCUT2D eigenvalue weighted by molar-refractivity contribution is -0.384. The number of halogens is 2. The molecule has 3 aromatic rings. The Morgan fingerprint density at radius 3 is 2.82 bits per heavy atom. The number of hydrogen-bond donors (Lipinski definition) is 1. The number of aryl methyl sites for hydroxylation is 1. The summed E-state index contributed by atoms with van der Waals surface area (Å²) in [4.78, 5) is 22.7. The van der Waals surface area contributed by atoms with Gasteiger partial charge in [0.25, 0.3) is 11.6 Å². The molecule has 0 fully saturated rings. The zero-order valence-electron chi connectivity index (χ0n) is 14.4. The minimum absolute atomic E-state index is 0.000303. The quantitative estimate of drug-likeness (QED) is 0.477. The Hall–Kier alpha value is -3.46. The molecule has 0 aliphatic rings. The van der Waals surface area contributed by atoms with E-state index in [9.17, 15) is 19.3 Å². The third kappa shape index (κ3) is 4.26. The molecule has 8 nitrogen and oxygen atoms in total. The summed E-state index contributed by atoms with van der Waals surface area (Å²) in [6.45, 7) is 1.53. The van der Waals surface area contributed by atoms with Crippen LogP contribution in [0.15, 0.2) is 47.0 Å². The van der Waals surface area contributed by atoms with Gasteiger partial charge in [0.2, 0.25) is 0 Å². The number of nitro benzene ring substituents is 1. The van der Waals surface area contributed by atoms with E-state index in [1.807, 2.05) is 0 Å². The van der Waals surface area contributed by atoms with Crippen LogP contribution in [0.3, 0.4) is 0 Å². The molecule has 144 valence electrons. The molecule has 2 aromatic carbocycles. The monoisotopic (exact) mass is 405 g/mol. The van der Waals surface area contributed by atoms with Gasteiger partial charge in [-0.2, -0.15) is 0 Å². The van der Waals surface area contributed by atoms with Gasteiger partial charge in [-0.1, -0.05) is 22.8 Å². The van der Waals surface area contributed by atoms with E-state index in [1.54, 1.807) is 13.0 Å². The average Bonchev–Trinajstić information content (AvgIpc) is 3.02. The number of non-ortho nitro benzene ring substituents is 1. The number of amides is 1. The summed E-state index contributed by atoms with van der Waals surface area (Å²) in [5.41, 5.74) is 0.308. The topological polar surface area (TPSA) is 108 Å². The number of anilines is 1. The molecule has 0 spiro atoms. The van der Waals surface area contributed by atoms with E-state index >= 15 is 0 Å². The predicted molar refractivity (Wildman–Crippen MR) is 98.0 cm³/mol. The van der Waals surface area contributed by atoms with Crippen LogP contribution in [0.4, 0.5) is 15.8 Å². The third-order valence-electron chi connectivity index (χ3n) is 3.79. The molecule has 0 bridgehead atoms. The van der Waals surface area contributed by atoms with Crippen molar-refractivity contribution in [3.8, 4) is 5.75 Å². The highest BCUT2D eigenvalue weighted by Gasteiger charge is 2.22. The number of carbonyl (C=O) groups excluding carboxylic acids is 1. The molecule has 1 heterocycles. The van der Waals surface area contributed by atoms with Crippen molar-refractivity contribution >= 4 is 28.9 Å². The number of ether oxygens (including phenoxy) is 1. The maximum atomic E-state index is 13.2. The van der Waals surface area contributed by atoms with Crippen LogP contribution in [0.5, 0.6) is 5.75 Å². The number of hydrogen-bond acceptors (Lipinski definition) is 6. The van der Waals surface area contributed by atoms with Crippen LogP contribution in [0, 0.1) is 22.9 Å². The Kier molecular flexibility index (Phi) is 5.55. The van der Waals surface area contributed by atoms with Crippen molar-refractivity contribution in [2.75, 3.05) is 5.32 Å². The Bertz CT molecular complexity index is 1050. The van der Waals surface area contributed by atoms with E-state index in [0.717, 1.165) is 6.07 Å². The standard InChI is InChI=1S/C18H13ClFN3O5/c1-10-14(9-27-13-4-2-3-11(20)7-13)17(22-28-10)18(24)21-16-6-5-12(23(25)26)8-15(16)19/h2-8H,9H2,1H3,(H,21,24). The molecule has 10 heteroatoms. The van der Waals surface area contributed by atoms with Gasteiger partial charge < -0.3 is 14.6 Å². The largest absolute Gasteiger partial charge is 0.489 e. The van der Waals surface area contributed by atoms with Crippen LogP contribution in [0.1, 0.15) is 21.8 Å². The van der Waals surface area contributed by atoms with Crippen molar-refractivity contribution in [1.82, 2.24) is 5.16 Å². The molecular formula is C18H13ClFN3O5. The van der Waals surface area contributed by atoms with E-state index in [2.05, 4.69) is 10.5 Å². The first-order chi connectivity index (χ1) is 13.3. The first kappa shape index (κ1) is 19.3. The van der Waals surface area contributed by atoms with Gasteiger partial charge in [-0.25, -0.2) is 4.39 Å². The van der Waals surface area contributed by atoms with Crippen LogP contribution in [-0.4, -0.2) is 16.0 Å². The highest BCUT2D eigenvalue weighted by Crippen LogP contribution is 2.27. The van der Waals surface area contributed by atoms with E-state index in [4.69, 9.17) is 20.9 Å². The fourth-order valence-electron chi connectivity index (χ4n) is 2.35. The normalized spacial score (nSPS) is 10.5. The molecule has 0 aliphatic carbocycles. The maximum Gasteiger partial charge on any atom is 0.278 e. The van der Waals surface area contributed by atoms with Crippen LogP contribution in [0.25, 0.3) is 0 Å². The zero-order chi connectivity index (χ0) is 20.3. The summed E-state index contributed by atoms with van der Waals surface area (Å²) in [5, 5.41) is 17.0. The van der Waals surface area contributed by atoms with Crippen LogP contribution in [-0.2, 0) is 6.61 Å². The minimum Gasteiger partial charge on any atom is -0.489 e. The van der Waals surface area contributed by atoms with Crippen LogP contribution < -0.4 is 10.1 Å². The molecule has 0 saturated heterocycles. The molecule has 1 amide bonds. The highest BCUT2D eigenvalue weighted by atomic mass is 35.5. The van der Waals surface area contributed by atoms with Crippen molar-refractivity contribution in [2.45, 2.75) is 13.5 Å². The van der Waals surface area contributed by atoms with Gasteiger partial charge in [0, 0.05) is 18.2 Å². The second-order valence-electron chi connectivity index (χ2n) is 5.69. The summed E-state index contributed by atoms with van der Waals surface area (Å²) in [6.07, 6.45) is 0. The number of carbonyl (C=O) groups is 1. The number of aromatic nitrogens is 1. The van der Waals surface area contributed by atoms with E-state index in [-0.39, 0.29) is 34.4 Å². The fourth-order valence-corrected chi connectivity index (χ4v) is 2.57. The second-order valence-corrected chi connectivity index (χ2v) is 6.09. The summed E-state index contributed by atoms with van der Waals surface area (Å²) < 4.78 is 23.8. The molecule has 0 unspecified atom stereocenters. The van der Waals surface area contributed by atoms with Gasteiger partial charge in [0.1, 0.15) is 23.9 Å². The summed E-state index contributed by atoms with van der Waals surface area (Å²) in [7, 11) is 0. The lowest BCUT2D eigenvalue weighted by atomic mass is 10.2. The Morgan fingerprint density at radius 2 is 2.14 bits per heavy atom. The lowest BCUT2D eigenvalue weighted by Crippen LogP contribution is -2.15. The number of nitrogens with one attached hydrogen (secondary N) is 1. The van der Waals surface area contributed by atoms with E-state index < -0.39 is 16.6 Å².